The van der Waals surface area contributed by atoms with E-state index >= 15 is 0 Å². The number of nitrogens with zero attached hydrogens (tertiary/aromatic N) is 3. The Morgan fingerprint density at radius 2 is 1.76 bits per heavy atom. The summed E-state index contributed by atoms with van der Waals surface area (Å²) in [5.74, 6) is 0.640. The number of benzene rings is 2. The van der Waals surface area contributed by atoms with Gasteiger partial charge in [-0.3, -0.25) is 4.79 Å². The standard InChI is InChI=1S/C24H26N4O/c1-27(18-19-7-3-2-4-8-19)24(29)20-13-14-25-23(17-20)26-21-9-11-22(12-10-21)28-15-5-6-16-28/h2-4,7-14,17H,5-6,15-16,18H2,1H3,(H,25,26). The fraction of sp³-hybridized carbons (Fsp3) is 0.250. The molecule has 2 aromatic carbocycles. The molecule has 5 heteroatoms. The minimum atomic E-state index is -0.0244. The molecule has 0 radical (unpaired) electrons. The first kappa shape index (κ1) is 19.0. The fourth-order valence-corrected chi connectivity index (χ4v) is 3.66. The monoisotopic (exact) mass is 386 g/mol. The van der Waals surface area contributed by atoms with Crippen LogP contribution < -0.4 is 10.2 Å². The highest BCUT2D eigenvalue weighted by Gasteiger charge is 2.14. The Morgan fingerprint density at radius 1 is 1.03 bits per heavy atom. The smallest absolute Gasteiger partial charge is 0.254 e. The van der Waals surface area contributed by atoms with E-state index in [0.29, 0.717) is 17.9 Å². The maximum Gasteiger partial charge on any atom is 0.254 e. The van der Waals surface area contributed by atoms with Crippen LogP contribution in [-0.2, 0) is 6.54 Å². The summed E-state index contributed by atoms with van der Waals surface area (Å²) in [6.45, 7) is 2.84. The van der Waals surface area contributed by atoms with Gasteiger partial charge < -0.3 is 15.1 Å². The molecule has 1 saturated heterocycles. The third kappa shape index (κ3) is 4.74. The van der Waals surface area contributed by atoms with E-state index in [-0.39, 0.29) is 5.91 Å². The van der Waals surface area contributed by atoms with Crippen molar-refractivity contribution in [1.29, 1.82) is 0 Å². The predicted octanol–water partition coefficient (Wildman–Crippen LogP) is 4.70. The Labute approximate surface area is 172 Å². The highest BCUT2D eigenvalue weighted by atomic mass is 16.2. The van der Waals surface area contributed by atoms with E-state index < -0.39 is 0 Å². The van der Waals surface area contributed by atoms with Gasteiger partial charge in [0.15, 0.2) is 0 Å². The molecule has 1 fully saturated rings. The van der Waals surface area contributed by atoms with Crippen LogP contribution in [0.1, 0.15) is 28.8 Å². The van der Waals surface area contributed by atoms with Crippen LogP contribution in [-0.4, -0.2) is 35.9 Å². The van der Waals surface area contributed by atoms with Crippen LogP contribution in [0.15, 0.2) is 72.9 Å². The van der Waals surface area contributed by atoms with Crippen LogP contribution in [0.25, 0.3) is 0 Å². The number of amides is 1. The number of aromatic nitrogens is 1. The lowest BCUT2D eigenvalue weighted by Crippen LogP contribution is -2.26. The molecule has 0 spiro atoms. The van der Waals surface area contributed by atoms with Crippen molar-refractivity contribution in [3.05, 3.63) is 84.1 Å². The number of anilines is 3. The molecule has 2 heterocycles. The summed E-state index contributed by atoms with van der Waals surface area (Å²) in [6.07, 6.45) is 4.21. The Morgan fingerprint density at radius 3 is 2.48 bits per heavy atom. The Kier molecular flexibility index (Phi) is 5.75. The maximum absolute atomic E-state index is 12.8. The van der Waals surface area contributed by atoms with Gasteiger partial charge in [0.1, 0.15) is 5.82 Å². The molecule has 1 amide bonds. The van der Waals surface area contributed by atoms with E-state index in [1.807, 2.05) is 37.4 Å². The third-order valence-corrected chi connectivity index (χ3v) is 5.23. The van der Waals surface area contributed by atoms with E-state index in [1.54, 1.807) is 23.2 Å². The number of pyridine rings is 1. The molecule has 0 atom stereocenters. The lowest BCUT2D eigenvalue weighted by Gasteiger charge is -2.18. The maximum atomic E-state index is 12.8. The van der Waals surface area contributed by atoms with Crippen molar-refractivity contribution >= 4 is 23.1 Å². The number of carbonyl (C=O) groups is 1. The van der Waals surface area contributed by atoms with Crippen molar-refractivity contribution in [2.75, 3.05) is 30.4 Å². The van der Waals surface area contributed by atoms with Gasteiger partial charge in [-0.15, -0.1) is 0 Å². The molecule has 1 aliphatic rings. The number of nitrogens with one attached hydrogen (secondary N) is 1. The molecule has 0 saturated carbocycles. The molecule has 0 unspecified atom stereocenters. The van der Waals surface area contributed by atoms with Gasteiger partial charge in [-0.05, 0) is 54.8 Å². The molecule has 1 aliphatic heterocycles. The largest absolute Gasteiger partial charge is 0.372 e. The van der Waals surface area contributed by atoms with Gasteiger partial charge in [0.2, 0.25) is 0 Å². The molecule has 148 valence electrons. The van der Waals surface area contributed by atoms with Crippen molar-refractivity contribution in [2.45, 2.75) is 19.4 Å². The van der Waals surface area contributed by atoms with Crippen LogP contribution in [0.3, 0.4) is 0 Å². The highest BCUT2D eigenvalue weighted by molar-refractivity contribution is 5.94. The Bertz CT molecular complexity index is 950. The normalized spacial score (nSPS) is 13.3. The average Bonchev–Trinajstić information content (AvgIpc) is 3.29. The fourth-order valence-electron chi connectivity index (χ4n) is 3.66. The number of hydrogen-bond acceptors (Lipinski definition) is 4. The third-order valence-electron chi connectivity index (χ3n) is 5.23. The second-order valence-electron chi connectivity index (χ2n) is 7.44. The van der Waals surface area contributed by atoms with E-state index in [4.69, 9.17) is 0 Å². The molecule has 1 N–H and O–H groups in total. The minimum absolute atomic E-state index is 0.0244. The summed E-state index contributed by atoms with van der Waals surface area (Å²) in [4.78, 5) is 21.3. The molecule has 0 bridgehead atoms. The molecule has 0 aliphatic carbocycles. The van der Waals surface area contributed by atoms with E-state index in [9.17, 15) is 4.79 Å². The number of carbonyl (C=O) groups excluding carboxylic acids is 1. The predicted molar refractivity (Wildman–Crippen MR) is 118 cm³/mol. The van der Waals surface area contributed by atoms with Crippen molar-refractivity contribution in [1.82, 2.24) is 9.88 Å². The topological polar surface area (TPSA) is 48.5 Å². The summed E-state index contributed by atoms with van der Waals surface area (Å²) in [6, 6.07) is 21.9. The lowest BCUT2D eigenvalue weighted by atomic mass is 10.2. The van der Waals surface area contributed by atoms with Crippen molar-refractivity contribution < 1.29 is 4.79 Å². The zero-order chi connectivity index (χ0) is 20.1. The van der Waals surface area contributed by atoms with Gasteiger partial charge in [-0.2, -0.15) is 0 Å². The first-order valence-electron chi connectivity index (χ1n) is 10.1. The summed E-state index contributed by atoms with van der Waals surface area (Å²) >= 11 is 0. The molecule has 1 aromatic heterocycles. The second-order valence-corrected chi connectivity index (χ2v) is 7.44. The van der Waals surface area contributed by atoms with Crippen molar-refractivity contribution in [3.63, 3.8) is 0 Å². The molecule has 3 aromatic rings. The van der Waals surface area contributed by atoms with Gasteiger partial charge in [-0.1, -0.05) is 30.3 Å². The Hall–Kier alpha value is -3.34. The minimum Gasteiger partial charge on any atom is -0.372 e. The molecular weight excluding hydrogens is 360 g/mol. The van der Waals surface area contributed by atoms with Gasteiger partial charge in [0.05, 0.1) is 0 Å². The summed E-state index contributed by atoms with van der Waals surface area (Å²) < 4.78 is 0. The summed E-state index contributed by atoms with van der Waals surface area (Å²) in [5.41, 5.74) is 3.94. The van der Waals surface area contributed by atoms with Crippen LogP contribution in [0.4, 0.5) is 17.2 Å². The SMILES string of the molecule is CN(Cc1ccccc1)C(=O)c1ccnc(Nc2ccc(N3CCCC3)cc2)c1. The number of hydrogen-bond donors (Lipinski definition) is 1. The van der Waals surface area contributed by atoms with E-state index in [1.165, 1.54) is 18.5 Å². The summed E-state index contributed by atoms with van der Waals surface area (Å²) in [7, 11) is 1.82. The highest BCUT2D eigenvalue weighted by Crippen LogP contribution is 2.23. The molecule has 5 nitrogen and oxygen atoms in total. The van der Waals surface area contributed by atoms with Gasteiger partial charge in [0, 0.05) is 49.8 Å². The van der Waals surface area contributed by atoms with Gasteiger partial charge >= 0.3 is 0 Å². The first-order valence-corrected chi connectivity index (χ1v) is 10.1. The van der Waals surface area contributed by atoms with Crippen molar-refractivity contribution in [2.24, 2.45) is 0 Å². The molecular formula is C24H26N4O. The van der Waals surface area contributed by atoms with Gasteiger partial charge in [-0.25, -0.2) is 4.98 Å². The van der Waals surface area contributed by atoms with E-state index in [0.717, 1.165) is 24.3 Å². The van der Waals surface area contributed by atoms with Crippen LogP contribution in [0, 0.1) is 0 Å². The van der Waals surface area contributed by atoms with Crippen molar-refractivity contribution in [3.8, 4) is 0 Å². The van der Waals surface area contributed by atoms with Crippen LogP contribution in [0.2, 0.25) is 0 Å². The Balaban J connectivity index is 1.42. The zero-order valence-electron chi connectivity index (χ0n) is 16.7. The van der Waals surface area contributed by atoms with E-state index in [2.05, 4.69) is 39.5 Å². The molecule has 29 heavy (non-hydrogen) atoms. The second kappa shape index (κ2) is 8.78. The zero-order valence-corrected chi connectivity index (χ0v) is 16.7. The average molecular weight is 386 g/mol. The quantitative estimate of drug-likeness (QED) is 0.667. The summed E-state index contributed by atoms with van der Waals surface area (Å²) in [5, 5.41) is 3.31. The van der Waals surface area contributed by atoms with Crippen LogP contribution in [0.5, 0.6) is 0 Å². The molecule has 4 rings (SSSR count). The first-order chi connectivity index (χ1) is 14.2. The lowest BCUT2D eigenvalue weighted by molar-refractivity contribution is 0.0785. The van der Waals surface area contributed by atoms with Gasteiger partial charge in [0.25, 0.3) is 5.91 Å². The van der Waals surface area contributed by atoms with Crippen LogP contribution >= 0.6 is 0 Å². The number of rotatable bonds is 6.